The minimum Gasteiger partial charge on any atom is -0.379 e. The Morgan fingerprint density at radius 2 is 0.941 bits per heavy atom. The highest BCUT2D eigenvalue weighted by Gasteiger charge is 2.04. The molecule has 2 aromatic rings. The third kappa shape index (κ3) is 4.66. The molecule has 4 heteroatoms. The van der Waals surface area contributed by atoms with Crippen molar-refractivity contribution in [1.29, 1.82) is 0 Å². The van der Waals surface area contributed by atoms with Crippen LogP contribution in [0.15, 0.2) is 48.5 Å². The second-order valence-corrected chi connectivity index (χ2v) is 5.33. The molecule has 0 fully saturated rings. The molecule has 0 aromatic heterocycles. The average molecular weight is 250 g/mol. The molecule has 0 radical (unpaired) electrons. The SMILES string of the molecule is CO[SiH](OC)OC.c1ccc2ccccc2c1. The van der Waals surface area contributed by atoms with Gasteiger partial charge in [-0.1, -0.05) is 48.5 Å². The Kier molecular flexibility index (Phi) is 6.50. The predicted octanol–water partition coefficient (Wildman–Crippen LogP) is 2.48. The molecule has 17 heavy (non-hydrogen) atoms. The van der Waals surface area contributed by atoms with E-state index in [1.807, 2.05) is 0 Å². The molecule has 0 saturated carbocycles. The predicted molar refractivity (Wildman–Crippen MR) is 72.1 cm³/mol. The van der Waals surface area contributed by atoms with Crippen molar-refractivity contribution in [2.45, 2.75) is 0 Å². The first kappa shape index (κ1) is 13.9. The van der Waals surface area contributed by atoms with Crippen molar-refractivity contribution in [3.8, 4) is 0 Å². The van der Waals surface area contributed by atoms with Gasteiger partial charge in [-0.3, -0.25) is 0 Å². The van der Waals surface area contributed by atoms with Crippen LogP contribution in [0.3, 0.4) is 0 Å². The van der Waals surface area contributed by atoms with E-state index in [1.165, 1.54) is 10.8 Å². The Morgan fingerprint density at radius 1 is 0.647 bits per heavy atom. The molecule has 92 valence electrons. The summed E-state index contributed by atoms with van der Waals surface area (Å²) in [5.41, 5.74) is 0. The largest absolute Gasteiger partial charge is 0.483 e. The molecule has 3 nitrogen and oxygen atoms in total. The van der Waals surface area contributed by atoms with Crippen LogP contribution >= 0.6 is 0 Å². The van der Waals surface area contributed by atoms with Gasteiger partial charge in [-0.25, -0.2) is 0 Å². The molecule has 0 bridgehead atoms. The normalized spacial score (nSPS) is 10.1. The van der Waals surface area contributed by atoms with Crippen molar-refractivity contribution in [2.75, 3.05) is 21.3 Å². The molecule has 0 heterocycles. The van der Waals surface area contributed by atoms with Crippen LogP contribution in [-0.4, -0.2) is 30.9 Å². The van der Waals surface area contributed by atoms with E-state index in [0.29, 0.717) is 0 Å². The molecule has 0 aliphatic heterocycles. The second kappa shape index (κ2) is 7.97. The topological polar surface area (TPSA) is 27.7 Å². The van der Waals surface area contributed by atoms with E-state index in [-0.39, 0.29) is 0 Å². The Hall–Kier alpha value is -1.20. The lowest BCUT2D eigenvalue weighted by Gasteiger charge is -2.05. The maximum Gasteiger partial charge on any atom is 0.483 e. The fourth-order valence-electron chi connectivity index (χ4n) is 1.42. The molecule has 0 aliphatic carbocycles. The van der Waals surface area contributed by atoms with Crippen LogP contribution in [0.2, 0.25) is 0 Å². The summed E-state index contributed by atoms with van der Waals surface area (Å²) in [7, 11) is 3.05. The molecule has 0 saturated heterocycles. The third-order valence-electron chi connectivity index (χ3n) is 2.24. The van der Waals surface area contributed by atoms with Crippen molar-refractivity contribution >= 4 is 20.3 Å². The van der Waals surface area contributed by atoms with Crippen LogP contribution in [0.5, 0.6) is 0 Å². The van der Waals surface area contributed by atoms with Crippen LogP contribution in [0.4, 0.5) is 0 Å². The molecular formula is C13H18O3Si. The Labute approximate surface area is 104 Å². The first-order chi connectivity index (χ1) is 8.31. The van der Waals surface area contributed by atoms with E-state index in [2.05, 4.69) is 48.5 Å². The summed E-state index contributed by atoms with van der Waals surface area (Å²) in [4.78, 5) is 0. The van der Waals surface area contributed by atoms with Crippen LogP contribution in [0.1, 0.15) is 0 Å². The van der Waals surface area contributed by atoms with E-state index >= 15 is 0 Å². The monoisotopic (exact) mass is 250 g/mol. The summed E-state index contributed by atoms with van der Waals surface area (Å²) in [6, 6.07) is 16.7. The van der Waals surface area contributed by atoms with Crippen LogP contribution in [0, 0.1) is 0 Å². The zero-order valence-corrected chi connectivity index (χ0v) is 11.6. The molecular weight excluding hydrogens is 232 g/mol. The maximum absolute atomic E-state index is 4.74. The van der Waals surface area contributed by atoms with Gasteiger partial charge in [0.2, 0.25) is 0 Å². The van der Waals surface area contributed by atoms with E-state index in [0.717, 1.165) is 0 Å². The number of fused-ring (bicyclic) bond motifs is 1. The highest BCUT2D eigenvalue weighted by atomic mass is 28.3. The van der Waals surface area contributed by atoms with E-state index in [4.69, 9.17) is 13.3 Å². The number of benzene rings is 2. The van der Waals surface area contributed by atoms with Gasteiger partial charge in [-0.2, -0.15) is 0 Å². The fourth-order valence-corrected chi connectivity index (χ4v) is 2.00. The minimum absolute atomic E-state index is 1.31. The van der Waals surface area contributed by atoms with Crippen molar-refractivity contribution in [3.63, 3.8) is 0 Å². The summed E-state index contributed by atoms with van der Waals surface area (Å²) in [5.74, 6) is 0. The van der Waals surface area contributed by atoms with Crippen molar-refractivity contribution < 1.29 is 13.3 Å². The lowest BCUT2D eigenvalue weighted by molar-refractivity contribution is 0.163. The third-order valence-corrected chi connectivity index (χ3v) is 3.39. The van der Waals surface area contributed by atoms with Crippen LogP contribution in [-0.2, 0) is 13.3 Å². The molecule has 0 aliphatic rings. The minimum atomic E-state index is -1.67. The molecule has 0 unspecified atom stereocenters. The van der Waals surface area contributed by atoms with Gasteiger partial charge in [0.15, 0.2) is 0 Å². The smallest absolute Gasteiger partial charge is 0.379 e. The first-order valence-corrected chi connectivity index (χ1v) is 6.75. The van der Waals surface area contributed by atoms with Gasteiger partial charge in [0.25, 0.3) is 0 Å². The van der Waals surface area contributed by atoms with E-state index < -0.39 is 9.53 Å². The molecule has 0 amide bonds. The van der Waals surface area contributed by atoms with Gasteiger partial charge in [0, 0.05) is 21.3 Å². The summed E-state index contributed by atoms with van der Waals surface area (Å²) in [6.07, 6.45) is 0. The standard InChI is InChI=1S/C10H8.C3H10O3Si/c1-2-6-10-8-4-3-7-9(10)5-1;1-4-7(5-2)6-3/h1-8H;7H,1-3H3. The van der Waals surface area contributed by atoms with Gasteiger partial charge in [-0.15, -0.1) is 0 Å². The van der Waals surface area contributed by atoms with Crippen LogP contribution in [0.25, 0.3) is 10.8 Å². The lowest BCUT2D eigenvalue weighted by Crippen LogP contribution is -2.21. The Bertz CT molecular complexity index is 359. The number of rotatable bonds is 3. The first-order valence-electron chi connectivity index (χ1n) is 5.34. The van der Waals surface area contributed by atoms with Gasteiger partial charge >= 0.3 is 9.53 Å². The molecule has 2 aromatic carbocycles. The molecule has 0 atom stereocenters. The number of hydrogen-bond acceptors (Lipinski definition) is 3. The lowest BCUT2D eigenvalue weighted by atomic mass is 10.1. The molecule has 2 rings (SSSR count). The zero-order chi connectivity index (χ0) is 12.5. The van der Waals surface area contributed by atoms with E-state index in [9.17, 15) is 0 Å². The Morgan fingerprint density at radius 3 is 1.12 bits per heavy atom. The fraction of sp³-hybridized carbons (Fsp3) is 0.231. The highest BCUT2D eigenvalue weighted by molar-refractivity contribution is 6.36. The van der Waals surface area contributed by atoms with Crippen molar-refractivity contribution in [3.05, 3.63) is 48.5 Å². The summed E-state index contributed by atoms with van der Waals surface area (Å²) < 4.78 is 14.2. The van der Waals surface area contributed by atoms with Crippen molar-refractivity contribution in [2.24, 2.45) is 0 Å². The van der Waals surface area contributed by atoms with Gasteiger partial charge in [0.1, 0.15) is 0 Å². The number of hydrogen-bond donors (Lipinski definition) is 0. The summed E-state index contributed by atoms with van der Waals surface area (Å²) in [5, 5.41) is 2.62. The highest BCUT2D eigenvalue weighted by Crippen LogP contribution is 2.11. The Balaban J connectivity index is 0.000000185. The van der Waals surface area contributed by atoms with Crippen molar-refractivity contribution in [1.82, 2.24) is 0 Å². The van der Waals surface area contributed by atoms with Crippen LogP contribution < -0.4 is 0 Å². The van der Waals surface area contributed by atoms with E-state index in [1.54, 1.807) is 21.3 Å². The molecule has 0 N–H and O–H groups in total. The van der Waals surface area contributed by atoms with Gasteiger partial charge in [-0.05, 0) is 10.8 Å². The maximum atomic E-state index is 4.74. The summed E-state index contributed by atoms with van der Waals surface area (Å²) >= 11 is 0. The quantitative estimate of drug-likeness (QED) is 0.783. The summed E-state index contributed by atoms with van der Waals surface area (Å²) in [6.45, 7) is 0. The van der Waals surface area contributed by atoms with Gasteiger partial charge in [0.05, 0.1) is 0 Å². The average Bonchev–Trinajstić information content (AvgIpc) is 2.42. The molecule has 0 spiro atoms. The van der Waals surface area contributed by atoms with Gasteiger partial charge < -0.3 is 13.3 Å². The second-order valence-electron chi connectivity index (χ2n) is 3.34. The zero-order valence-electron chi connectivity index (χ0n) is 10.4.